The van der Waals surface area contributed by atoms with Gasteiger partial charge in [-0.15, -0.1) is 0 Å². The van der Waals surface area contributed by atoms with Crippen molar-refractivity contribution < 1.29 is 9.84 Å². The first-order chi connectivity index (χ1) is 8.85. The van der Waals surface area contributed by atoms with Gasteiger partial charge in [0.2, 0.25) is 0 Å². The Balaban J connectivity index is 2.04. The summed E-state index contributed by atoms with van der Waals surface area (Å²) in [6.45, 7) is 3.54. The Morgan fingerprint density at radius 2 is 2.17 bits per heavy atom. The largest absolute Gasteiger partial charge is 0.487 e. The molecule has 96 valence electrons. The van der Waals surface area contributed by atoms with E-state index in [0.29, 0.717) is 6.61 Å². The lowest BCUT2D eigenvalue weighted by molar-refractivity contribution is 0.255. The topological polar surface area (TPSA) is 47.3 Å². The molecule has 0 atom stereocenters. The van der Waals surface area contributed by atoms with Crippen molar-refractivity contribution in [3.05, 3.63) is 48.0 Å². The van der Waals surface area contributed by atoms with E-state index in [4.69, 9.17) is 4.74 Å². The summed E-state index contributed by atoms with van der Waals surface area (Å²) in [4.78, 5) is 4.13. The van der Waals surface area contributed by atoms with Crippen molar-refractivity contribution in [1.82, 2.24) is 9.55 Å². The Hall–Kier alpha value is -1.81. The number of benzene rings is 1. The molecule has 0 aliphatic carbocycles. The summed E-state index contributed by atoms with van der Waals surface area (Å²) in [5.41, 5.74) is 1.85. The third kappa shape index (κ3) is 2.90. The molecule has 1 aromatic heterocycles. The van der Waals surface area contributed by atoms with Crippen LogP contribution in [0.3, 0.4) is 0 Å². The Labute approximate surface area is 107 Å². The molecule has 0 saturated heterocycles. The van der Waals surface area contributed by atoms with E-state index >= 15 is 0 Å². The van der Waals surface area contributed by atoms with Gasteiger partial charge >= 0.3 is 0 Å². The number of aliphatic hydroxyl groups excluding tert-OH is 1. The fourth-order valence-corrected chi connectivity index (χ4v) is 1.84. The first-order valence-electron chi connectivity index (χ1n) is 6.15. The predicted molar refractivity (Wildman–Crippen MR) is 69.2 cm³/mol. The van der Waals surface area contributed by atoms with Gasteiger partial charge in [0.05, 0.1) is 24.8 Å². The zero-order chi connectivity index (χ0) is 12.8. The van der Waals surface area contributed by atoms with Crippen LogP contribution < -0.4 is 4.74 Å². The summed E-state index contributed by atoms with van der Waals surface area (Å²) in [5, 5.41) is 9.22. The van der Waals surface area contributed by atoms with Crippen molar-refractivity contribution in [2.45, 2.75) is 33.1 Å². The molecule has 0 aliphatic rings. The summed E-state index contributed by atoms with van der Waals surface area (Å²) in [5.74, 6) is 0.726. The summed E-state index contributed by atoms with van der Waals surface area (Å²) in [6.07, 6.45) is 4.70. The van der Waals surface area contributed by atoms with Gasteiger partial charge in [0.25, 0.3) is 0 Å². The summed E-state index contributed by atoms with van der Waals surface area (Å²) < 4.78 is 7.82. The molecular formula is C14H18N2O2. The van der Waals surface area contributed by atoms with Gasteiger partial charge in [0.15, 0.2) is 0 Å². The standard InChI is InChI=1S/C14H18N2O2/c1-2-7-16-11-15-8-13(16)10-18-14-6-4-3-5-12(14)9-17/h3-6,8,11,17H,2,7,9-10H2,1H3. The Bertz CT molecular complexity index is 494. The Morgan fingerprint density at radius 1 is 1.33 bits per heavy atom. The number of aliphatic hydroxyl groups is 1. The molecule has 0 radical (unpaired) electrons. The van der Waals surface area contributed by atoms with Crippen LogP contribution in [0.1, 0.15) is 24.6 Å². The monoisotopic (exact) mass is 246 g/mol. The lowest BCUT2D eigenvalue weighted by atomic mass is 10.2. The van der Waals surface area contributed by atoms with E-state index in [-0.39, 0.29) is 6.61 Å². The molecular weight excluding hydrogens is 228 g/mol. The molecule has 0 aliphatic heterocycles. The summed E-state index contributed by atoms with van der Waals surface area (Å²) in [7, 11) is 0. The minimum atomic E-state index is -0.00953. The van der Waals surface area contributed by atoms with Crippen molar-refractivity contribution in [2.24, 2.45) is 0 Å². The number of hydrogen-bond acceptors (Lipinski definition) is 3. The molecule has 0 saturated carbocycles. The number of hydrogen-bond donors (Lipinski definition) is 1. The molecule has 0 unspecified atom stereocenters. The van der Waals surface area contributed by atoms with Gasteiger partial charge in [-0.1, -0.05) is 25.1 Å². The number of nitrogens with zero attached hydrogens (tertiary/aromatic N) is 2. The average Bonchev–Trinajstić information content (AvgIpc) is 2.84. The molecule has 1 heterocycles. The molecule has 0 bridgehead atoms. The second kappa shape index (κ2) is 6.21. The highest BCUT2D eigenvalue weighted by Gasteiger charge is 2.05. The van der Waals surface area contributed by atoms with Crippen LogP contribution in [-0.2, 0) is 19.8 Å². The highest BCUT2D eigenvalue weighted by molar-refractivity contribution is 5.32. The van der Waals surface area contributed by atoms with Gasteiger partial charge in [0.1, 0.15) is 12.4 Å². The van der Waals surface area contributed by atoms with Crippen LogP contribution in [0, 0.1) is 0 Å². The van der Waals surface area contributed by atoms with Crippen LogP contribution in [0.5, 0.6) is 5.75 Å². The normalized spacial score (nSPS) is 10.6. The predicted octanol–water partition coefficient (Wildman–Crippen LogP) is 2.36. The zero-order valence-electron chi connectivity index (χ0n) is 10.5. The number of aryl methyl sites for hydroxylation is 1. The number of rotatable bonds is 6. The van der Waals surface area contributed by atoms with Crippen molar-refractivity contribution in [2.75, 3.05) is 0 Å². The molecule has 0 spiro atoms. The van der Waals surface area contributed by atoms with E-state index in [9.17, 15) is 5.11 Å². The average molecular weight is 246 g/mol. The SMILES string of the molecule is CCCn1cncc1COc1ccccc1CO. The molecule has 2 rings (SSSR count). The van der Waals surface area contributed by atoms with Gasteiger partial charge in [-0.2, -0.15) is 0 Å². The second-order valence-electron chi connectivity index (χ2n) is 4.13. The maximum atomic E-state index is 9.22. The van der Waals surface area contributed by atoms with Crippen LogP contribution >= 0.6 is 0 Å². The smallest absolute Gasteiger partial charge is 0.130 e. The minimum Gasteiger partial charge on any atom is -0.487 e. The van der Waals surface area contributed by atoms with Crippen LogP contribution in [0.4, 0.5) is 0 Å². The van der Waals surface area contributed by atoms with Gasteiger partial charge in [-0.05, 0) is 12.5 Å². The lowest BCUT2D eigenvalue weighted by Gasteiger charge is -2.11. The Morgan fingerprint density at radius 3 is 2.94 bits per heavy atom. The van der Waals surface area contributed by atoms with E-state index in [2.05, 4.69) is 16.5 Å². The van der Waals surface area contributed by atoms with Gasteiger partial charge in [0, 0.05) is 12.1 Å². The minimum absolute atomic E-state index is 0.00953. The number of aromatic nitrogens is 2. The van der Waals surface area contributed by atoms with E-state index in [0.717, 1.165) is 30.0 Å². The fourth-order valence-electron chi connectivity index (χ4n) is 1.84. The van der Waals surface area contributed by atoms with Crippen molar-refractivity contribution in [3.8, 4) is 5.75 Å². The molecule has 0 amide bonds. The quantitative estimate of drug-likeness (QED) is 0.851. The van der Waals surface area contributed by atoms with Gasteiger partial charge in [-0.3, -0.25) is 0 Å². The molecule has 4 heteroatoms. The highest BCUT2D eigenvalue weighted by Crippen LogP contribution is 2.19. The van der Waals surface area contributed by atoms with Gasteiger partial charge in [-0.25, -0.2) is 4.98 Å². The fraction of sp³-hybridized carbons (Fsp3) is 0.357. The second-order valence-corrected chi connectivity index (χ2v) is 4.13. The first kappa shape index (κ1) is 12.6. The highest BCUT2D eigenvalue weighted by atomic mass is 16.5. The summed E-state index contributed by atoms with van der Waals surface area (Å²) >= 11 is 0. The van der Waals surface area contributed by atoms with Gasteiger partial charge < -0.3 is 14.4 Å². The molecule has 2 aromatic rings. The number of imidazole rings is 1. The molecule has 1 aromatic carbocycles. The molecule has 1 N–H and O–H groups in total. The zero-order valence-corrected chi connectivity index (χ0v) is 10.5. The van der Waals surface area contributed by atoms with Crippen LogP contribution in [0.25, 0.3) is 0 Å². The van der Waals surface area contributed by atoms with Crippen LogP contribution in [-0.4, -0.2) is 14.7 Å². The summed E-state index contributed by atoms with van der Waals surface area (Å²) in [6, 6.07) is 7.52. The maximum Gasteiger partial charge on any atom is 0.130 e. The molecule has 4 nitrogen and oxygen atoms in total. The number of ether oxygens (including phenoxy) is 1. The van der Waals surface area contributed by atoms with E-state index in [1.54, 1.807) is 0 Å². The van der Waals surface area contributed by atoms with E-state index in [1.807, 2.05) is 36.8 Å². The first-order valence-corrected chi connectivity index (χ1v) is 6.15. The maximum absolute atomic E-state index is 9.22. The lowest BCUT2D eigenvalue weighted by Crippen LogP contribution is -2.05. The van der Waals surface area contributed by atoms with Crippen molar-refractivity contribution in [3.63, 3.8) is 0 Å². The third-order valence-corrected chi connectivity index (χ3v) is 2.78. The van der Waals surface area contributed by atoms with Crippen LogP contribution in [0.2, 0.25) is 0 Å². The Kier molecular flexibility index (Phi) is 4.36. The van der Waals surface area contributed by atoms with Crippen LogP contribution in [0.15, 0.2) is 36.8 Å². The van der Waals surface area contributed by atoms with E-state index < -0.39 is 0 Å². The van der Waals surface area contributed by atoms with Crippen molar-refractivity contribution in [1.29, 1.82) is 0 Å². The molecule has 18 heavy (non-hydrogen) atoms. The van der Waals surface area contributed by atoms with Crippen molar-refractivity contribution >= 4 is 0 Å². The number of para-hydroxylation sites is 1. The van der Waals surface area contributed by atoms with E-state index in [1.165, 1.54) is 0 Å². The molecule has 0 fully saturated rings. The third-order valence-electron chi connectivity index (χ3n) is 2.78.